The zero-order valence-electron chi connectivity index (χ0n) is 11.3. The molecule has 0 fully saturated rings. The van der Waals surface area contributed by atoms with Crippen molar-refractivity contribution >= 4 is 15.9 Å². The van der Waals surface area contributed by atoms with Crippen LogP contribution in [-0.4, -0.2) is 6.54 Å². The van der Waals surface area contributed by atoms with Gasteiger partial charge >= 0.3 is 0 Å². The van der Waals surface area contributed by atoms with Gasteiger partial charge < -0.3 is 10.1 Å². The van der Waals surface area contributed by atoms with E-state index in [0.717, 1.165) is 28.9 Å². The number of hydrogen-bond acceptors (Lipinski definition) is 2. The molecule has 0 aliphatic carbocycles. The molecular weight excluding hydrogens is 321 g/mol. The van der Waals surface area contributed by atoms with Crippen LogP contribution < -0.4 is 10.1 Å². The highest BCUT2D eigenvalue weighted by Gasteiger charge is 2.04. The SMILES string of the molecule is CCNCc1cccc(OCc2ccc(Br)cc2F)c1. The zero-order chi connectivity index (χ0) is 14.4. The van der Waals surface area contributed by atoms with Crippen LogP contribution in [-0.2, 0) is 13.2 Å². The van der Waals surface area contributed by atoms with Crippen molar-refractivity contribution in [1.29, 1.82) is 0 Å². The van der Waals surface area contributed by atoms with E-state index < -0.39 is 0 Å². The first-order valence-corrected chi connectivity index (χ1v) is 7.34. The van der Waals surface area contributed by atoms with Gasteiger partial charge in [0.1, 0.15) is 18.2 Å². The average Bonchev–Trinajstić information content (AvgIpc) is 2.45. The van der Waals surface area contributed by atoms with E-state index in [1.54, 1.807) is 6.07 Å². The van der Waals surface area contributed by atoms with E-state index in [1.807, 2.05) is 30.3 Å². The smallest absolute Gasteiger partial charge is 0.130 e. The monoisotopic (exact) mass is 337 g/mol. The molecule has 0 saturated heterocycles. The van der Waals surface area contributed by atoms with Crippen LogP contribution in [0, 0.1) is 5.82 Å². The molecule has 20 heavy (non-hydrogen) atoms. The van der Waals surface area contributed by atoms with Crippen molar-refractivity contribution in [3.63, 3.8) is 0 Å². The van der Waals surface area contributed by atoms with Crippen LogP contribution >= 0.6 is 15.9 Å². The molecule has 0 unspecified atom stereocenters. The molecule has 2 rings (SSSR count). The summed E-state index contributed by atoms with van der Waals surface area (Å²) in [6.07, 6.45) is 0. The highest BCUT2D eigenvalue weighted by atomic mass is 79.9. The maximum absolute atomic E-state index is 13.7. The molecule has 0 atom stereocenters. The van der Waals surface area contributed by atoms with Gasteiger partial charge in [0.25, 0.3) is 0 Å². The molecule has 0 amide bonds. The van der Waals surface area contributed by atoms with E-state index in [2.05, 4.69) is 28.2 Å². The summed E-state index contributed by atoms with van der Waals surface area (Å²) in [4.78, 5) is 0. The lowest BCUT2D eigenvalue weighted by Crippen LogP contribution is -2.11. The predicted octanol–water partition coefficient (Wildman–Crippen LogP) is 4.28. The Kier molecular flexibility index (Phi) is 5.56. The van der Waals surface area contributed by atoms with Crippen molar-refractivity contribution in [2.24, 2.45) is 0 Å². The third-order valence-electron chi connectivity index (χ3n) is 2.89. The number of nitrogens with one attached hydrogen (secondary N) is 1. The minimum atomic E-state index is -0.261. The molecule has 0 aromatic heterocycles. The molecule has 0 bridgehead atoms. The molecule has 2 aromatic carbocycles. The predicted molar refractivity (Wildman–Crippen MR) is 82.3 cm³/mol. The maximum atomic E-state index is 13.7. The molecule has 1 N–H and O–H groups in total. The van der Waals surface area contributed by atoms with Crippen LogP contribution in [0.3, 0.4) is 0 Å². The first-order valence-electron chi connectivity index (χ1n) is 6.55. The van der Waals surface area contributed by atoms with Gasteiger partial charge in [-0.1, -0.05) is 41.1 Å². The summed E-state index contributed by atoms with van der Waals surface area (Å²) < 4.78 is 20.1. The topological polar surface area (TPSA) is 21.3 Å². The van der Waals surface area contributed by atoms with Crippen LogP contribution in [0.2, 0.25) is 0 Å². The number of halogens is 2. The Morgan fingerprint density at radius 3 is 2.80 bits per heavy atom. The van der Waals surface area contributed by atoms with Crippen LogP contribution in [0.1, 0.15) is 18.1 Å². The summed E-state index contributed by atoms with van der Waals surface area (Å²) in [7, 11) is 0. The number of hydrogen-bond donors (Lipinski definition) is 1. The third-order valence-corrected chi connectivity index (χ3v) is 3.38. The fourth-order valence-corrected chi connectivity index (χ4v) is 2.15. The van der Waals surface area contributed by atoms with Gasteiger partial charge in [-0.05, 0) is 36.4 Å². The highest BCUT2D eigenvalue weighted by molar-refractivity contribution is 9.10. The largest absolute Gasteiger partial charge is 0.489 e. The first kappa shape index (κ1) is 15.0. The summed E-state index contributed by atoms with van der Waals surface area (Å²) in [6.45, 7) is 4.02. The summed E-state index contributed by atoms with van der Waals surface area (Å²) >= 11 is 3.24. The molecule has 2 nitrogen and oxygen atoms in total. The molecule has 0 spiro atoms. The normalized spacial score (nSPS) is 10.6. The molecule has 0 aliphatic heterocycles. The summed E-state index contributed by atoms with van der Waals surface area (Å²) in [6, 6.07) is 12.8. The second-order valence-electron chi connectivity index (χ2n) is 4.45. The van der Waals surface area contributed by atoms with Gasteiger partial charge in [0.05, 0.1) is 0 Å². The Hall–Kier alpha value is -1.39. The van der Waals surface area contributed by atoms with Crippen molar-refractivity contribution in [3.8, 4) is 5.75 Å². The number of rotatable bonds is 6. The van der Waals surface area contributed by atoms with Crippen molar-refractivity contribution in [2.75, 3.05) is 6.54 Å². The maximum Gasteiger partial charge on any atom is 0.130 e. The zero-order valence-corrected chi connectivity index (χ0v) is 12.9. The molecule has 4 heteroatoms. The molecule has 0 saturated carbocycles. The summed E-state index contributed by atoms with van der Waals surface area (Å²) in [5.41, 5.74) is 1.70. The van der Waals surface area contributed by atoms with Crippen molar-refractivity contribution in [3.05, 3.63) is 63.9 Å². The average molecular weight is 338 g/mol. The van der Waals surface area contributed by atoms with E-state index in [4.69, 9.17) is 4.74 Å². The van der Waals surface area contributed by atoms with Gasteiger partial charge in [0.15, 0.2) is 0 Å². The second kappa shape index (κ2) is 7.41. The van der Waals surface area contributed by atoms with Gasteiger partial charge in [0.2, 0.25) is 0 Å². The molecule has 2 aromatic rings. The minimum Gasteiger partial charge on any atom is -0.489 e. The van der Waals surface area contributed by atoms with E-state index in [1.165, 1.54) is 6.07 Å². The van der Waals surface area contributed by atoms with Crippen LogP contribution in [0.25, 0.3) is 0 Å². The second-order valence-corrected chi connectivity index (χ2v) is 5.37. The standard InChI is InChI=1S/C16H17BrFNO/c1-2-19-10-12-4-3-5-15(8-12)20-11-13-6-7-14(17)9-16(13)18/h3-9,19H,2,10-11H2,1H3. The van der Waals surface area contributed by atoms with Gasteiger partial charge in [0, 0.05) is 16.6 Å². The quantitative estimate of drug-likeness (QED) is 0.849. The Morgan fingerprint density at radius 2 is 2.05 bits per heavy atom. The Morgan fingerprint density at radius 1 is 1.20 bits per heavy atom. The lowest BCUT2D eigenvalue weighted by atomic mass is 10.2. The molecular formula is C16H17BrFNO. The first-order chi connectivity index (χ1) is 9.69. The van der Waals surface area contributed by atoms with E-state index in [-0.39, 0.29) is 12.4 Å². The number of ether oxygens (including phenoxy) is 1. The Balaban J connectivity index is 1.99. The third kappa shape index (κ3) is 4.32. The van der Waals surface area contributed by atoms with Crippen molar-refractivity contribution < 1.29 is 9.13 Å². The van der Waals surface area contributed by atoms with Gasteiger partial charge in [-0.2, -0.15) is 0 Å². The molecule has 106 valence electrons. The van der Waals surface area contributed by atoms with Gasteiger partial charge in [-0.3, -0.25) is 0 Å². The van der Waals surface area contributed by atoms with E-state index in [9.17, 15) is 4.39 Å². The fourth-order valence-electron chi connectivity index (χ4n) is 1.81. The molecule has 0 aliphatic rings. The van der Waals surface area contributed by atoms with Crippen molar-refractivity contribution in [1.82, 2.24) is 5.32 Å². The Bertz CT molecular complexity index is 574. The van der Waals surface area contributed by atoms with Crippen LogP contribution in [0.5, 0.6) is 5.75 Å². The van der Waals surface area contributed by atoms with Crippen molar-refractivity contribution in [2.45, 2.75) is 20.1 Å². The fraction of sp³-hybridized carbons (Fsp3) is 0.250. The Labute approximate surface area is 127 Å². The molecule has 0 radical (unpaired) electrons. The number of benzene rings is 2. The minimum absolute atomic E-state index is 0.226. The summed E-state index contributed by atoms with van der Waals surface area (Å²) in [5, 5.41) is 3.26. The van der Waals surface area contributed by atoms with Crippen LogP contribution in [0.4, 0.5) is 4.39 Å². The van der Waals surface area contributed by atoms with Crippen LogP contribution in [0.15, 0.2) is 46.9 Å². The van der Waals surface area contributed by atoms with E-state index >= 15 is 0 Å². The molecule has 0 heterocycles. The van der Waals surface area contributed by atoms with E-state index in [0.29, 0.717) is 5.56 Å². The van der Waals surface area contributed by atoms with Gasteiger partial charge in [-0.15, -0.1) is 0 Å². The van der Waals surface area contributed by atoms with Gasteiger partial charge in [-0.25, -0.2) is 4.39 Å². The lowest BCUT2D eigenvalue weighted by Gasteiger charge is -2.09. The summed E-state index contributed by atoms with van der Waals surface area (Å²) in [5.74, 6) is 0.492. The lowest BCUT2D eigenvalue weighted by molar-refractivity contribution is 0.299. The highest BCUT2D eigenvalue weighted by Crippen LogP contribution is 2.19.